The molecule has 0 spiro atoms. The highest BCUT2D eigenvalue weighted by Gasteiger charge is 2.15. The minimum atomic E-state index is -0.649. The Bertz CT molecular complexity index is 1010. The van der Waals surface area contributed by atoms with Gasteiger partial charge in [-0.15, -0.1) is 0 Å². The van der Waals surface area contributed by atoms with Gasteiger partial charge >= 0.3 is 5.97 Å². The minimum absolute atomic E-state index is 0.183. The fourth-order valence-corrected chi connectivity index (χ4v) is 2.86. The number of nitriles is 1. The Hall–Kier alpha value is -3.27. The van der Waals surface area contributed by atoms with Gasteiger partial charge in [-0.25, -0.2) is 4.79 Å². The van der Waals surface area contributed by atoms with Crippen molar-refractivity contribution in [2.75, 3.05) is 19.0 Å². The molecule has 148 valence electrons. The molecule has 0 saturated heterocycles. The van der Waals surface area contributed by atoms with E-state index in [1.165, 1.54) is 55.7 Å². The Morgan fingerprint density at radius 1 is 1.24 bits per heavy atom. The molecule has 2 aromatic rings. The Kier molecular flexibility index (Phi) is 7.84. The van der Waals surface area contributed by atoms with Gasteiger partial charge in [-0.2, -0.15) is 5.26 Å². The van der Waals surface area contributed by atoms with E-state index in [1.54, 1.807) is 0 Å². The molecule has 0 bridgehead atoms. The first kappa shape index (κ1) is 22.0. The summed E-state index contributed by atoms with van der Waals surface area (Å²) in [6.45, 7) is 3.76. The van der Waals surface area contributed by atoms with E-state index in [2.05, 4.69) is 16.6 Å². The fourth-order valence-electron chi connectivity index (χ4n) is 2.29. The molecule has 0 aromatic heterocycles. The summed E-state index contributed by atoms with van der Waals surface area (Å²) < 4.78 is 10.1. The molecule has 8 heteroatoms. The van der Waals surface area contributed by atoms with Crippen molar-refractivity contribution in [1.29, 1.82) is 5.26 Å². The highest BCUT2D eigenvalue weighted by molar-refractivity contribution is 6.36. The standard InChI is InChI=1S/C21H16Cl2N2O4/c1-3-8-29-19-14(10-16(22)11-18(19)23)9-15(12-24)20(26)25-17-6-4-13(5-7-17)21(27)28-2/h3-7,9-11H,1,8H2,2H3,(H,25,26)/b15-9+. The molecule has 0 saturated carbocycles. The van der Waals surface area contributed by atoms with Crippen LogP contribution in [-0.2, 0) is 9.53 Å². The molecule has 6 nitrogen and oxygen atoms in total. The Balaban J connectivity index is 2.30. The van der Waals surface area contributed by atoms with Gasteiger partial charge in [0.05, 0.1) is 17.7 Å². The number of anilines is 1. The zero-order chi connectivity index (χ0) is 21.4. The van der Waals surface area contributed by atoms with Gasteiger partial charge < -0.3 is 14.8 Å². The first-order chi connectivity index (χ1) is 13.9. The van der Waals surface area contributed by atoms with Gasteiger partial charge in [-0.1, -0.05) is 35.9 Å². The average Bonchev–Trinajstić information content (AvgIpc) is 2.71. The van der Waals surface area contributed by atoms with Crippen molar-refractivity contribution < 1.29 is 19.1 Å². The van der Waals surface area contributed by atoms with E-state index in [0.717, 1.165) is 0 Å². The quantitative estimate of drug-likeness (QED) is 0.292. The normalized spacial score (nSPS) is 10.6. The Labute approximate surface area is 177 Å². The third-order valence-corrected chi connectivity index (χ3v) is 4.11. The maximum atomic E-state index is 12.5. The van der Waals surface area contributed by atoms with E-state index in [1.807, 2.05) is 6.07 Å². The van der Waals surface area contributed by atoms with E-state index in [4.69, 9.17) is 27.9 Å². The maximum absolute atomic E-state index is 12.5. The van der Waals surface area contributed by atoms with Crippen LogP contribution in [0.25, 0.3) is 6.08 Å². The number of hydrogen-bond donors (Lipinski definition) is 1. The molecule has 0 heterocycles. The average molecular weight is 431 g/mol. The lowest BCUT2D eigenvalue weighted by molar-refractivity contribution is -0.112. The zero-order valence-corrected chi connectivity index (χ0v) is 16.9. The summed E-state index contributed by atoms with van der Waals surface area (Å²) in [5, 5.41) is 12.6. The molecule has 1 amide bonds. The van der Waals surface area contributed by atoms with Gasteiger partial charge in [0.15, 0.2) is 0 Å². The lowest BCUT2D eigenvalue weighted by atomic mass is 10.1. The van der Waals surface area contributed by atoms with E-state index in [0.29, 0.717) is 21.8 Å². The van der Waals surface area contributed by atoms with Crippen molar-refractivity contribution in [3.05, 3.63) is 75.8 Å². The summed E-state index contributed by atoms with van der Waals surface area (Å²) in [4.78, 5) is 24.0. The predicted octanol–water partition coefficient (Wildman–Crippen LogP) is 4.89. The molecule has 2 rings (SSSR count). The second-order valence-corrected chi connectivity index (χ2v) is 6.44. The highest BCUT2D eigenvalue weighted by Crippen LogP contribution is 2.34. The second-order valence-electron chi connectivity index (χ2n) is 5.60. The number of carbonyl (C=O) groups is 2. The number of nitrogens with one attached hydrogen (secondary N) is 1. The number of methoxy groups -OCH3 is 1. The van der Waals surface area contributed by atoms with Crippen LogP contribution < -0.4 is 10.1 Å². The summed E-state index contributed by atoms with van der Waals surface area (Å²) >= 11 is 12.2. The van der Waals surface area contributed by atoms with Crippen molar-refractivity contribution in [3.63, 3.8) is 0 Å². The lowest BCUT2D eigenvalue weighted by Gasteiger charge is -2.11. The van der Waals surface area contributed by atoms with Crippen LogP contribution in [0, 0.1) is 11.3 Å². The van der Waals surface area contributed by atoms with Crippen LogP contribution in [0.15, 0.2) is 54.6 Å². The van der Waals surface area contributed by atoms with Crippen molar-refractivity contribution in [2.45, 2.75) is 0 Å². The molecule has 0 fully saturated rings. The van der Waals surface area contributed by atoms with E-state index < -0.39 is 11.9 Å². The van der Waals surface area contributed by atoms with Crippen LogP contribution >= 0.6 is 23.2 Å². The molecule has 0 aliphatic carbocycles. The third kappa shape index (κ3) is 5.85. The summed E-state index contributed by atoms with van der Waals surface area (Å²) in [6.07, 6.45) is 2.86. The maximum Gasteiger partial charge on any atom is 0.337 e. The predicted molar refractivity (Wildman–Crippen MR) is 112 cm³/mol. The molecular weight excluding hydrogens is 415 g/mol. The monoisotopic (exact) mass is 430 g/mol. The number of amides is 1. The molecule has 0 unspecified atom stereocenters. The summed E-state index contributed by atoms with van der Waals surface area (Å²) in [6, 6.07) is 10.9. The van der Waals surface area contributed by atoms with Crippen molar-refractivity contribution in [2.24, 2.45) is 0 Å². The second kappa shape index (κ2) is 10.3. The third-order valence-electron chi connectivity index (χ3n) is 3.61. The number of ether oxygens (including phenoxy) is 2. The minimum Gasteiger partial charge on any atom is -0.487 e. The van der Waals surface area contributed by atoms with Gasteiger partial charge in [0.25, 0.3) is 5.91 Å². The topological polar surface area (TPSA) is 88.4 Å². The zero-order valence-electron chi connectivity index (χ0n) is 15.4. The number of nitrogens with zero attached hydrogens (tertiary/aromatic N) is 1. The SMILES string of the molecule is C=CCOc1c(Cl)cc(Cl)cc1/C=C(\C#N)C(=O)Nc1ccc(C(=O)OC)cc1. The van der Waals surface area contributed by atoms with Crippen LogP contribution in [0.2, 0.25) is 10.0 Å². The molecule has 0 aliphatic rings. The molecule has 0 atom stereocenters. The number of halogens is 2. The smallest absolute Gasteiger partial charge is 0.337 e. The van der Waals surface area contributed by atoms with Crippen molar-refractivity contribution in [3.8, 4) is 11.8 Å². The summed E-state index contributed by atoms with van der Waals surface area (Å²) in [7, 11) is 1.27. The molecule has 29 heavy (non-hydrogen) atoms. The van der Waals surface area contributed by atoms with E-state index in [9.17, 15) is 14.9 Å². The Morgan fingerprint density at radius 2 is 1.93 bits per heavy atom. The van der Waals surface area contributed by atoms with Gasteiger partial charge in [0.2, 0.25) is 0 Å². The first-order valence-electron chi connectivity index (χ1n) is 8.23. The number of rotatable bonds is 7. The largest absolute Gasteiger partial charge is 0.487 e. The summed E-state index contributed by atoms with van der Waals surface area (Å²) in [5.41, 5.74) is 0.913. The van der Waals surface area contributed by atoms with E-state index in [-0.39, 0.29) is 23.0 Å². The van der Waals surface area contributed by atoms with Gasteiger partial charge in [0, 0.05) is 16.3 Å². The van der Waals surface area contributed by atoms with E-state index >= 15 is 0 Å². The Morgan fingerprint density at radius 3 is 2.52 bits per heavy atom. The molecule has 2 aromatic carbocycles. The lowest BCUT2D eigenvalue weighted by Crippen LogP contribution is -2.13. The van der Waals surface area contributed by atoms with Gasteiger partial charge in [-0.3, -0.25) is 4.79 Å². The van der Waals surface area contributed by atoms with Crippen LogP contribution in [0.5, 0.6) is 5.75 Å². The molecule has 1 N–H and O–H groups in total. The van der Waals surface area contributed by atoms with Gasteiger partial charge in [-0.05, 0) is 42.5 Å². The molecule has 0 radical (unpaired) electrons. The molecule has 0 aliphatic heterocycles. The van der Waals surface area contributed by atoms with Crippen molar-refractivity contribution in [1.82, 2.24) is 0 Å². The number of hydrogen-bond acceptors (Lipinski definition) is 5. The molecular formula is C21H16Cl2N2O4. The first-order valence-corrected chi connectivity index (χ1v) is 8.99. The highest BCUT2D eigenvalue weighted by atomic mass is 35.5. The van der Waals surface area contributed by atoms with Crippen LogP contribution in [0.4, 0.5) is 5.69 Å². The van der Waals surface area contributed by atoms with Crippen molar-refractivity contribution >= 4 is 46.8 Å². The fraction of sp³-hybridized carbons (Fsp3) is 0.0952. The van der Waals surface area contributed by atoms with Crippen LogP contribution in [-0.4, -0.2) is 25.6 Å². The van der Waals surface area contributed by atoms with Crippen LogP contribution in [0.1, 0.15) is 15.9 Å². The van der Waals surface area contributed by atoms with Gasteiger partial charge in [0.1, 0.15) is 24.0 Å². The number of benzene rings is 2. The van der Waals surface area contributed by atoms with Crippen LogP contribution in [0.3, 0.4) is 0 Å². The summed E-state index contributed by atoms with van der Waals surface area (Å²) in [5.74, 6) is -0.867. The number of carbonyl (C=O) groups excluding carboxylic acids is 2. The number of esters is 1.